The number of thiocarbonyl (C=S) groups is 1. The van der Waals surface area contributed by atoms with Crippen molar-refractivity contribution in [2.75, 3.05) is 11.4 Å². The molecule has 20 heavy (non-hydrogen) atoms. The van der Waals surface area contributed by atoms with E-state index in [4.69, 9.17) is 18.0 Å². The molecule has 0 saturated carbocycles. The molecule has 0 aliphatic heterocycles. The first kappa shape index (κ1) is 14.9. The van der Waals surface area contributed by atoms with Crippen molar-refractivity contribution < 1.29 is 0 Å². The summed E-state index contributed by atoms with van der Waals surface area (Å²) < 4.78 is 0.962. The summed E-state index contributed by atoms with van der Waals surface area (Å²) in [5.41, 5.74) is 7.82. The van der Waals surface area contributed by atoms with Crippen LogP contribution in [0.25, 0.3) is 0 Å². The highest BCUT2D eigenvalue weighted by Gasteiger charge is 2.14. The maximum atomic E-state index is 5.63. The van der Waals surface area contributed by atoms with Gasteiger partial charge in [-0.25, -0.2) is 4.98 Å². The van der Waals surface area contributed by atoms with Gasteiger partial charge in [0, 0.05) is 24.8 Å². The van der Waals surface area contributed by atoms with E-state index in [-0.39, 0.29) is 0 Å². The van der Waals surface area contributed by atoms with E-state index < -0.39 is 0 Å². The van der Waals surface area contributed by atoms with E-state index in [0.29, 0.717) is 18.0 Å². The fourth-order valence-electron chi connectivity index (χ4n) is 1.91. The first-order valence-electron chi connectivity index (χ1n) is 6.31. The zero-order valence-electron chi connectivity index (χ0n) is 11.2. The summed E-state index contributed by atoms with van der Waals surface area (Å²) in [7, 11) is 0. The highest BCUT2D eigenvalue weighted by Crippen LogP contribution is 2.30. The van der Waals surface area contributed by atoms with Gasteiger partial charge in [0.15, 0.2) is 0 Å². The van der Waals surface area contributed by atoms with Crippen molar-refractivity contribution in [1.29, 1.82) is 0 Å². The molecule has 104 valence electrons. The molecule has 0 radical (unpaired) electrons. The second-order valence-corrected chi connectivity index (χ2v) is 5.90. The smallest absolute Gasteiger partial charge is 0.147 e. The zero-order valence-corrected chi connectivity index (χ0v) is 13.6. The van der Waals surface area contributed by atoms with Crippen LogP contribution < -0.4 is 10.6 Å². The molecule has 0 bridgehead atoms. The summed E-state index contributed by atoms with van der Waals surface area (Å²) in [6.45, 7) is 2.72. The van der Waals surface area contributed by atoms with E-state index in [2.05, 4.69) is 31.9 Å². The summed E-state index contributed by atoms with van der Waals surface area (Å²) in [5, 5.41) is 0. The van der Waals surface area contributed by atoms with Gasteiger partial charge >= 0.3 is 0 Å². The van der Waals surface area contributed by atoms with E-state index in [1.165, 1.54) is 0 Å². The Hall–Kier alpha value is -1.46. The van der Waals surface area contributed by atoms with Crippen molar-refractivity contribution >= 4 is 44.6 Å². The molecule has 0 saturated heterocycles. The summed E-state index contributed by atoms with van der Waals surface area (Å²) in [6.07, 6.45) is 2.50. The van der Waals surface area contributed by atoms with Crippen LogP contribution in [-0.2, 0) is 0 Å². The number of anilines is 2. The van der Waals surface area contributed by atoms with Crippen molar-refractivity contribution in [3.8, 4) is 0 Å². The highest BCUT2D eigenvalue weighted by atomic mass is 79.9. The molecule has 2 rings (SSSR count). The average Bonchev–Trinajstić information content (AvgIpc) is 2.42. The van der Waals surface area contributed by atoms with Gasteiger partial charge in [-0.05, 0) is 46.6 Å². The standard InChI is InChI=1S/C15H16BrN3S/c1-11-9-13(16)15(18-10-11)19(8-7-14(17)20)12-5-3-2-4-6-12/h2-6,9-10H,7-8H2,1H3,(H2,17,20). The summed E-state index contributed by atoms with van der Waals surface area (Å²) in [4.78, 5) is 7.15. The fraction of sp³-hybridized carbons (Fsp3) is 0.200. The first-order valence-corrected chi connectivity index (χ1v) is 7.51. The van der Waals surface area contributed by atoms with Crippen LogP contribution in [-0.4, -0.2) is 16.5 Å². The van der Waals surface area contributed by atoms with E-state index in [9.17, 15) is 0 Å². The van der Waals surface area contributed by atoms with Gasteiger partial charge in [-0.1, -0.05) is 30.4 Å². The molecule has 1 aromatic carbocycles. The Labute approximate surface area is 132 Å². The topological polar surface area (TPSA) is 42.2 Å². The maximum Gasteiger partial charge on any atom is 0.147 e. The number of halogens is 1. The lowest BCUT2D eigenvalue weighted by Crippen LogP contribution is -2.24. The van der Waals surface area contributed by atoms with E-state index in [1.807, 2.05) is 43.5 Å². The fourth-order valence-corrected chi connectivity index (χ4v) is 2.68. The predicted molar refractivity (Wildman–Crippen MR) is 91.5 cm³/mol. The quantitative estimate of drug-likeness (QED) is 0.829. The molecular formula is C15H16BrN3S. The van der Waals surface area contributed by atoms with Gasteiger partial charge in [-0.2, -0.15) is 0 Å². The molecule has 0 unspecified atom stereocenters. The molecule has 0 amide bonds. The Balaban J connectivity index is 2.37. The molecule has 2 aromatic rings. The number of hydrogen-bond donors (Lipinski definition) is 1. The molecule has 0 aliphatic rings. The molecule has 1 heterocycles. The summed E-state index contributed by atoms with van der Waals surface area (Å²) >= 11 is 8.57. The van der Waals surface area contributed by atoms with Gasteiger partial charge in [-0.15, -0.1) is 0 Å². The molecule has 3 nitrogen and oxygen atoms in total. The number of benzene rings is 1. The van der Waals surface area contributed by atoms with Crippen molar-refractivity contribution in [2.45, 2.75) is 13.3 Å². The number of aryl methyl sites for hydroxylation is 1. The van der Waals surface area contributed by atoms with Crippen molar-refractivity contribution in [3.63, 3.8) is 0 Å². The molecule has 0 atom stereocenters. The predicted octanol–water partition coefficient (Wildman–Crippen LogP) is 3.97. The molecule has 0 fully saturated rings. The van der Waals surface area contributed by atoms with Crippen LogP contribution >= 0.6 is 28.1 Å². The highest BCUT2D eigenvalue weighted by molar-refractivity contribution is 9.10. The second-order valence-electron chi connectivity index (χ2n) is 4.52. The van der Waals surface area contributed by atoms with Crippen molar-refractivity contribution in [2.24, 2.45) is 5.73 Å². The van der Waals surface area contributed by atoms with E-state index >= 15 is 0 Å². The maximum absolute atomic E-state index is 5.63. The number of nitrogens with zero attached hydrogens (tertiary/aromatic N) is 2. The minimum atomic E-state index is 0.508. The van der Waals surface area contributed by atoms with E-state index in [1.54, 1.807) is 0 Å². The third-order valence-electron chi connectivity index (χ3n) is 2.86. The van der Waals surface area contributed by atoms with Gasteiger partial charge in [0.05, 0.1) is 9.46 Å². The first-order chi connectivity index (χ1) is 9.58. The minimum Gasteiger partial charge on any atom is -0.393 e. The largest absolute Gasteiger partial charge is 0.393 e. The lowest BCUT2D eigenvalue weighted by atomic mass is 10.2. The monoisotopic (exact) mass is 349 g/mol. The molecule has 0 spiro atoms. The van der Waals surface area contributed by atoms with Crippen LogP contribution in [0.4, 0.5) is 11.5 Å². The molecule has 5 heteroatoms. The molecule has 2 N–H and O–H groups in total. The minimum absolute atomic E-state index is 0.508. The van der Waals surface area contributed by atoms with Crippen LogP contribution in [0.15, 0.2) is 47.1 Å². The Kier molecular flexibility index (Phi) is 5.09. The Morgan fingerprint density at radius 1 is 1.35 bits per heavy atom. The van der Waals surface area contributed by atoms with Crippen LogP contribution in [0.1, 0.15) is 12.0 Å². The number of para-hydroxylation sites is 1. The normalized spacial score (nSPS) is 10.3. The van der Waals surface area contributed by atoms with E-state index in [0.717, 1.165) is 21.5 Å². The van der Waals surface area contributed by atoms with Gasteiger partial charge in [0.2, 0.25) is 0 Å². The van der Waals surface area contributed by atoms with Crippen LogP contribution in [0.2, 0.25) is 0 Å². The van der Waals surface area contributed by atoms with Crippen LogP contribution in [0.5, 0.6) is 0 Å². The van der Waals surface area contributed by atoms with Gasteiger partial charge < -0.3 is 10.6 Å². The number of nitrogens with two attached hydrogens (primary N) is 1. The average molecular weight is 350 g/mol. The lowest BCUT2D eigenvalue weighted by molar-refractivity contribution is 0.938. The van der Waals surface area contributed by atoms with Crippen molar-refractivity contribution in [3.05, 3.63) is 52.6 Å². The third-order valence-corrected chi connectivity index (χ3v) is 3.65. The van der Waals surface area contributed by atoms with Gasteiger partial charge in [0.25, 0.3) is 0 Å². The van der Waals surface area contributed by atoms with Gasteiger partial charge in [-0.3, -0.25) is 0 Å². The number of pyridine rings is 1. The van der Waals surface area contributed by atoms with Crippen molar-refractivity contribution in [1.82, 2.24) is 4.98 Å². The lowest BCUT2D eigenvalue weighted by Gasteiger charge is -2.25. The number of aromatic nitrogens is 1. The SMILES string of the molecule is Cc1cnc(N(CCC(N)=S)c2ccccc2)c(Br)c1. The number of hydrogen-bond acceptors (Lipinski definition) is 3. The Bertz CT molecular complexity index is 601. The van der Waals surface area contributed by atoms with Crippen LogP contribution in [0, 0.1) is 6.92 Å². The molecular weight excluding hydrogens is 334 g/mol. The Morgan fingerprint density at radius 3 is 2.65 bits per heavy atom. The van der Waals surface area contributed by atoms with Crippen LogP contribution in [0.3, 0.4) is 0 Å². The third kappa shape index (κ3) is 3.77. The summed E-state index contributed by atoms with van der Waals surface area (Å²) in [5.74, 6) is 0.873. The molecule has 0 aliphatic carbocycles. The second kappa shape index (κ2) is 6.81. The zero-order chi connectivity index (χ0) is 14.5. The number of rotatable bonds is 5. The van der Waals surface area contributed by atoms with Gasteiger partial charge in [0.1, 0.15) is 5.82 Å². The Morgan fingerprint density at radius 2 is 2.05 bits per heavy atom. The summed E-state index contributed by atoms with van der Waals surface area (Å²) in [6, 6.07) is 12.2. The molecule has 1 aromatic heterocycles.